The summed E-state index contributed by atoms with van der Waals surface area (Å²) in [4.78, 5) is 10.5. The van der Waals surface area contributed by atoms with Gasteiger partial charge in [-0.1, -0.05) is 21.1 Å². The van der Waals surface area contributed by atoms with Crippen molar-refractivity contribution in [3.8, 4) is 5.75 Å². The van der Waals surface area contributed by atoms with Crippen LogP contribution >= 0.6 is 15.9 Å². The summed E-state index contributed by atoms with van der Waals surface area (Å²) in [6.07, 6.45) is 2.19. The summed E-state index contributed by atoms with van der Waals surface area (Å²) < 4.78 is 7.92. The fourth-order valence-corrected chi connectivity index (χ4v) is 2.22. The van der Waals surface area contributed by atoms with Crippen molar-refractivity contribution in [2.75, 3.05) is 7.11 Å². The maximum Gasteiger partial charge on any atom is 0.303 e. The maximum absolute atomic E-state index is 10.5. The van der Waals surface area contributed by atoms with E-state index in [1.807, 2.05) is 18.2 Å². The summed E-state index contributed by atoms with van der Waals surface area (Å²) in [5, 5.41) is 16.6. The van der Waals surface area contributed by atoms with Crippen LogP contribution in [0.5, 0.6) is 5.75 Å². The molecule has 6 nitrogen and oxygen atoms in total. The smallest absolute Gasteiger partial charge is 0.303 e. The van der Waals surface area contributed by atoms with Gasteiger partial charge in [-0.2, -0.15) is 0 Å². The monoisotopic (exact) mass is 339 g/mol. The van der Waals surface area contributed by atoms with Gasteiger partial charge < -0.3 is 9.84 Å². The molecule has 1 aromatic carbocycles. The third kappa shape index (κ3) is 3.80. The lowest BCUT2D eigenvalue weighted by Crippen LogP contribution is -2.02. The molecule has 2 aromatic rings. The molecule has 2 rings (SSSR count). The molecule has 0 fully saturated rings. The maximum atomic E-state index is 10.5. The molecule has 1 N–H and O–H groups in total. The van der Waals surface area contributed by atoms with Gasteiger partial charge in [0, 0.05) is 22.7 Å². The highest BCUT2D eigenvalue weighted by atomic mass is 79.9. The number of hydrogen-bond acceptors (Lipinski definition) is 4. The molecule has 0 aliphatic carbocycles. The van der Waals surface area contributed by atoms with Gasteiger partial charge in [-0.15, -0.1) is 5.10 Å². The van der Waals surface area contributed by atoms with E-state index in [1.54, 1.807) is 18.0 Å². The average molecular weight is 340 g/mol. The van der Waals surface area contributed by atoms with Gasteiger partial charge >= 0.3 is 5.97 Å². The van der Waals surface area contributed by atoms with Gasteiger partial charge in [0.05, 0.1) is 25.8 Å². The van der Waals surface area contributed by atoms with Gasteiger partial charge in [-0.05, 0) is 18.2 Å². The number of hydrogen-bond donors (Lipinski definition) is 1. The Bertz CT molecular complexity index is 613. The zero-order valence-corrected chi connectivity index (χ0v) is 12.5. The normalized spacial score (nSPS) is 10.5. The molecule has 7 heteroatoms. The second kappa shape index (κ2) is 6.51. The number of carboxylic acids is 1. The first-order chi connectivity index (χ1) is 9.58. The number of aryl methyl sites for hydroxylation is 1. The van der Waals surface area contributed by atoms with Crippen molar-refractivity contribution < 1.29 is 14.6 Å². The molecule has 0 atom stereocenters. The number of rotatable bonds is 6. The second-order valence-electron chi connectivity index (χ2n) is 4.26. The van der Waals surface area contributed by atoms with E-state index in [4.69, 9.17) is 9.84 Å². The fraction of sp³-hybridized carbons (Fsp3) is 0.308. The summed E-state index contributed by atoms with van der Waals surface area (Å²) in [7, 11) is 1.62. The van der Waals surface area contributed by atoms with Crippen LogP contribution in [0.1, 0.15) is 17.7 Å². The van der Waals surface area contributed by atoms with E-state index < -0.39 is 5.97 Å². The number of halogens is 1. The van der Waals surface area contributed by atoms with Crippen LogP contribution in [0.15, 0.2) is 28.9 Å². The predicted molar refractivity (Wildman–Crippen MR) is 75.8 cm³/mol. The topological polar surface area (TPSA) is 77.2 Å². The highest BCUT2D eigenvalue weighted by Gasteiger charge is 2.08. The van der Waals surface area contributed by atoms with Crippen LogP contribution in [-0.2, 0) is 17.8 Å². The Balaban J connectivity index is 2.10. The quantitative estimate of drug-likeness (QED) is 0.872. The first-order valence-electron chi connectivity index (χ1n) is 6.01. The Morgan fingerprint density at radius 1 is 1.50 bits per heavy atom. The fourth-order valence-electron chi connectivity index (χ4n) is 1.81. The summed E-state index contributed by atoms with van der Waals surface area (Å²) in [5.74, 6) is -0.0657. The Hall–Kier alpha value is -1.89. The number of ether oxygens (including phenoxy) is 1. The van der Waals surface area contributed by atoms with Crippen LogP contribution in [0.3, 0.4) is 0 Å². The minimum absolute atomic E-state index is 0.0545. The standard InChI is InChI=1S/C13H14BrN3O3/c1-20-12-4-2-10(14)6-9(12)7-17-8-11(15-16-17)3-5-13(18)19/h2,4,6,8H,3,5,7H2,1H3,(H,18,19). The Kier molecular flexibility index (Phi) is 4.73. The Morgan fingerprint density at radius 2 is 2.30 bits per heavy atom. The molecule has 0 saturated carbocycles. The SMILES string of the molecule is COc1ccc(Br)cc1Cn1cc(CCC(=O)O)nn1. The summed E-state index contributed by atoms with van der Waals surface area (Å²) in [6.45, 7) is 0.517. The molecule has 20 heavy (non-hydrogen) atoms. The van der Waals surface area contributed by atoms with E-state index in [9.17, 15) is 4.79 Å². The van der Waals surface area contributed by atoms with Crippen molar-refractivity contribution in [3.05, 3.63) is 40.1 Å². The van der Waals surface area contributed by atoms with Gasteiger partial charge in [-0.25, -0.2) is 4.68 Å². The van der Waals surface area contributed by atoms with E-state index in [-0.39, 0.29) is 6.42 Å². The van der Waals surface area contributed by atoms with E-state index in [0.29, 0.717) is 18.7 Å². The highest BCUT2D eigenvalue weighted by Crippen LogP contribution is 2.23. The number of nitrogens with zero attached hydrogens (tertiary/aromatic N) is 3. The van der Waals surface area contributed by atoms with Crippen LogP contribution in [0.25, 0.3) is 0 Å². The number of benzene rings is 1. The molecule has 0 unspecified atom stereocenters. The first-order valence-corrected chi connectivity index (χ1v) is 6.81. The van der Waals surface area contributed by atoms with Crippen LogP contribution in [0.2, 0.25) is 0 Å². The highest BCUT2D eigenvalue weighted by molar-refractivity contribution is 9.10. The van der Waals surface area contributed by atoms with Crippen molar-refractivity contribution in [3.63, 3.8) is 0 Å². The van der Waals surface area contributed by atoms with Crippen LogP contribution < -0.4 is 4.74 Å². The summed E-state index contributed by atoms with van der Waals surface area (Å²) >= 11 is 3.42. The molecule has 1 heterocycles. The van der Waals surface area contributed by atoms with Gasteiger partial charge in [0.25, 0.3) is 0 Å². The zero-order chi connectivity index (χ0) is 14.5. The van der Waals surface area contributed by atoms with Crippen LogP contribution in [0, 0.1) is 0 Å². The lowest BCUT2D eigenvalue weighted by molar-refractivity contribution is -0.136. The zero-order valence-electron chi connectivity index (χ0n) is 10.9. The minimum Gasteiger partial charge on any atom is -0.496 e. The molecule has 0 saturated heterocycles. The number of carbonyl (C=O) groups is 1. The van der Waals surface area contributed by atoms with Crippen molar-refractivity contribution in [1.29, 1.82) is 0 Å². The number of aliphatic carboxylic acids is 1. The number of methoxy groups -OCH3 is 1. The van der Waals surface area contributed by atoms with Crippen LogP contribution in [0.4, 0.5) is 0 Å². The van der Waals surface area contributed by atoms with Gasteiger partial charge in [0.1, 0.15) is 5.75 Å². The molecule has 106 valence electrons. The van der Waals surface area contributed by atoms with E-state index in [0.717, 1.165) is 15.8 Å². The molecular formula is C13H14BrN3O3. The molecule has 0 aliphatic heterocycles. The van der Waals surface area contributed by atoms with E-state index >= 15 is 0 Å². The lowest BCUT2D eigenvalue weighted by Gasteiger charge is -2.08. The molecule has 0 amide bonds. The summed E-state index contributed by atoms with van der Waals surface area (Å²) in [6, 6.07) is 5.74. The van der Waals surface area contributed by atoms with Crippen molar-refractivity contribution in [2.45, 2.75) is 19.4 Å². The van der Waals surface area contributed by atoms with Crippen molar-refractivity contribution in [2.24, 2.45) is 0 Å². The second-order valence-corrected chi connectivity index (χ2v) is 5.17. The molecule has 1 aromatic heterocycles. The number of carboxylic acid groups (broad SMARTS) is 1. The van der Waals surface area contributed by atoms with Gasteiger partial charge in [-0.3, -0.25) is 4.79 Å². The summed E-state index contributed by atoms with van der Waals surface area (Å²) in [5.41, 5.74) is 1.64. The Labute approximate surface area is 124 Å². The molecular weight excluding hydrogens is 326 g/mol. The third-order valence-corrected chi connectivity index (χ3v) is 3.25. The van der Waals surface area contributed by atoms with Gasteiger partial charge in [0.15, 0.2) is 0 Å². The van der Waals surface area contributed by atoms with Gasteiger partial charge in [0.2, 0.25) is 0 Å². The Morgan fingerprint density at radius 3 is 3.00 bits per heavy atom. The molecule has 0 radical (unpaired) electrons. The van der Waals surface area contributed by atoms with E-state index in [1.165, 1.54) is 0 Å². The van der Waals surface area contributed by atoms with Crippen LogP contribution in [-0.4, -0.2) is 33.2 Å². The minimum atomic E-state index is -0.840. The average Bonchev–Trinajstić information content (AvgIpc) is 2.84. The molecule has 0 bridgehead atoms. The van der Waals surface area contributed by atoms with Crippen molar-refractivity contribution in [1.82, 2.24) is 15.0 Å². The number of aromatic nitrogens is 3. The van der Waals surface area contributed by atoms with E-state index in [2.05, 4.69) is 26.2 Å². The lowest BCUT2D eigenvalue weighted by atomic mass is 10.2. The van der Waals surface area contributed by atoms with Crippen molar-refractivity contribution >= 4 is 21.9 Å². The largest absolute Gasteiger partial charge is 0.496 e. The third-order valence-electron chi connectivity index (χ3n) is 2.76. The molecule has 0 spiro atoms. The first kappa shape index (κ1) is 14.5. The predicted octanol–water partition coefficient (Wildman–Crippen LogP) is 2.11. The molecule has 0 aliphatic rings.